The number of ether oxygens (including phenoxy) is 1. The van der Waals surface area contributed by atoms with Gasteiger partial charge in [-0.1, -0.05) is 36.9 Å². The van der Waals surface area contributed by atoms with Gasteiger partial charge in [-0.05, 0) is 17.9 Å². The van der Waals surface area contributed by atoms with E-state index in [9.17, 15) is 4.79 Å². The molecule has 1 amide bonds. The summed E-state index contributed by atoms with van der Waals surface area (Å²) in [6, 6.07) is 9.09. The Morgan fingerprint density at radius 2 is 2.22 bits per heavy atom. The molecule has 0 spiro atoms. The molecule has 2 rings (SSSR count). The van der Waals surface area contributed by atoms with Gasteiger partial charge in [-0.3, -0.25) is 5.32 Å². The van der Waals surface area contributed by atoms with E-state index in [1.807, 2.05) is 25.1 Å². The van der Waals surface area contributed by atoms with E-state index in [2.05, 4.69) is 14.7 Å². The summed E-state index contributed by atoms with van der Waals surface area (Å²) in [7, 11) is 0. The second-order valence-electron chi connectivity index (χ2n) is 3.16. The van der Waals surface area contributed by atoms with Crippen molar-refractivity contribution in [1.29, 1.82) is 0 Å². The van der Waals surface area contributed by atoms with Crippen molar-refractivity contribution in [3.63, 3.8) is 0 Å². The summed E-state index contributed by atoms with van der Waals surface area (Å²) in [5, 5.41) is 3.48. The van der Waals surface area contributed by atoms with E-state index < -0.39 is 6.09 Å². The monoisotopic (exact) mass is 281 g/mol. The number of rotatable bonds is 4. The van der Waals surface area contributed by atoms with Crippen LogP contribution in [0.4, 0.5) is 10.5 Å². The molecular weight excluding hydrogens is 270 g/mol. The van der Waals surface area contributed by atoms with Crippen molar-refractivity contribution in [1.82, 2.24) is 9.36 Å². The molecule has 0 atom stereocenters. The number of carbonyl (C=O) groups excluding carboxylic acids is 1. The fourth-order valence-corrected chi connectivity index (χ4v) is 2.39. The van der Waals surface area contributed by atoms with Gasteiger partial charge in [0.25, 0.3) is 0 Å². The lowest BCUT2D eigenvalue weighted by Gasteiger charge is -2.02. The van der Waals surface area contributed by atoms with Gasteiger partial charge in [-0.25, -0.2) is 4.79 Å². The zero-order valence-electron chi connectivity index (χ0n) is 9.62. The molecule has 18 heavy (non-hydrogen) atoms. The largest absolute Gasteiger partial charge is 0.419 e. The molecule has 0 saturated carbocycles. The zero-order valence-corrected chi connectivity index (χ0v) is 11.3. The van der Waals surface area contributed by atoms with Gasteiger partial charge in [-0.2, -0.15) is 9.36 Å². The molecule has 5 nitrogen and oxygen atoms in total. The predicted molar refractivity (Wildman–Crippen MR) is 72.4 cm³/mol. The highest BCUT2D eigenvalue weighted by Crippen LogP contribution is 2.21. The zero-order chi connectivity index (χ0) is 12.8. The topological polar surface area (TPSA) is 64.1 Å². The van der Waals surface area contributed by atoms with E-state index in [0.717, 1.165) is 17.3 Å². The average molecular weight is 281 g/mol. The third-order valence-corrected chi connectivity index (χ3v) is 3.30. The van der Waals surface area contributed by atoms with Crippen LogP contribution in [0.5, 0.6) is 5.19 Å². The number of anilines is 1. The quantitative estimate of drug-likeness (QED) is 0.871. The highest BCUT2D eigenvalue weighted by molar-refractivity contribution is 7.99. The molecular formula is C11H11N3O2S2. The highest BCUT2D eigenvalue weighted by atomic mass is 32.2. The van der Waals surface area contributed by atoms with E-state index in [0.29, 0.717) is 10.8 Å². The van der Waals surface area contributed by atoms with Crippen molar-refractivity contribution in [2.24, 2.45) is 0 Å². The van der Waals surface area contributed by atoms with Crippen molar-refractivity contribution in [3.05, 3.63) is 30.3 Å². The molecule has 0 aliphatic carbocycles. The summed E-state index contributed by atoms with van der Waals surface area (Å²) in [6.45, 7) is 2.01. The maximum atomic E-state index is 11.5. The number of benzene rings is 1. The van der Waals surface area contributed by atoms with Crippen molar-refractivity contribution in [2.45, 2.75) is 12.1 Å². The van der Waals surface area contributed by atoms with Crippen LogP contribution < -0.4 is 10.1 Å². The number of hydrogen-bond acceptors (Lipinski definition) is 6. The predicted octanol–water partition coefficient (Wildman–Crippen LogP) is 3.26. The molecule has 0 saturated heterocycles. The molecule has 0 unspecified atom stereocenters. The van der Waals surface area contributed by atoms with E-state index in [1.54, 1.807) is 12.1 Å². The van der Waals surface area contributed by atoms with Gasteiger partial charge in [0, 0.05) is 17.2 Å². The van der Waals surface area contributed by atoms with E-state index in [-0.39, 0.29) is 5.19 Å². The number of amides is 1. The van der Waals surface area contributed by atoms with Crippen molar-refractivity contribution in [2.75, 3.05) is 11.1 Å². The third-order valence-electron chi connectivity index (χ3n) is 1.86. The Hall–Kier alpha value is -1.60. The molecule has 0 bridgehead atoms. The van der Waals surface area contributed by atoms with Crippen LogP contribution in [0.2, 0.25) is 0 Å². The molecule has 7 heteroatoms. The number of para-hydroxylation sites is 1. The highest BCUT2D eigenvalue weighted by Gasteiger charge is 2.10. The molecule has 0 aliphatic rings. The Balaban J connectivity index is 1.90. The first kappa shape index (κ1) is 12.8. The molecule has 1 aromatic carbocycles. The van der Waals surface area contributed by atoms with Gasteiger partial charge in [0.2, 0.25) is 5.16 Å². The normalized spacial score (nSPS) is 10.1. The lowest BCUT2D eigenvalue weighted by molar-refractivity contribution is 0.215. The van der Waals surface area contributed by atoms with Crippen LogP contribution in [-0.4, -0.2) is 21.2 Å². The van der Waals surface area contributed by atoms with Gasteiger partial charge in [0.05, 0.1) is 0 Å². The van der Waals surface area contributed by atoms with Gasteiger partial charge in [0.1, 0.15) is 0 Å². The summed E-state index contributed by atoms with van der Waals surface area (Å²) >= 11 is 2.57. The van der Waals surface area contributed by atoms with Gasteiger partial charge >= 0.3 is 11.3 Å². The first-order chi connectivity index (χ1) is 8.78. The van der Waals surface area contributed by atoms with E-state index in [1.165, 1.54) is 11.8 Å². The maximum absolute atomic E-state index is 11.5. The van der Waals surface area contributed by atoms with Crippen molar-refractivity contribution >= 4 is 35.1 Å². The molecule has 0 aliphatic heterocycles. The van der Waals surface area contributed by atoms with Crippen LogP contribution in [0, 0.1) is 0 Å². The second-order valence-corrected chi connectivity index (χ2v) is 5.10. The Morgan fingerprint density at radius 3 is 2.94 bits per heavy atom. The second kappa shape index (κ2) is 6.36. The lowest BCUT2D eigenvalue weighted by Crippen LogP contribution is -2.16. The fourth-order valence-electron chi connectivity index (χ4n) is 1.17. The number of aromatic nitrogens is 2. The standard InChI is InChI=1S/C11H11N3O2S2/c1-2-17-9-13-11(18-14-9)16-10(15)12-8-6-4-3-5-7-8/h3-7H,2H2,1H3,(H,12,15). The Bertz CT molecular complexity index is 516. The number of thioether (sulfide) groups is 1. The third kappa shape index (κ3) is 3.71. The Morgan fingerprint density at radius 1 is 1.44 bits per heavy atom. The summed E-state index contributed by atoms with van der Waals surface area (Å²) in [5.74, 6) is 0.881. The molecule has 0 radical (unpaired) electrons. The molecule has 0 fully saturated rings. The van der Waals surface area contributed by atoms with Crippen LogP contribution in [0.1, 0.15) is 6.92 Å². The summed E-state index contributed by atoms with van der Waals surface area (Å²) in [4.78, 5) is 15.6. The number of nitrogens with zero attached hydrogens (tertiary/aromatic N) is 2. The van der Waals surface area contributed by atoms with Crippen molar-refractivity contribution < 1.29 is 9.53 Å². The maximum Gasteiger partial charge on any atom is 0.419 e. The summed E-state index contributed by atoms with van der Waals surface area (Å²) < 4.78 is 9.08. The van der Waals surface area contributed by atoms with Crippen LogP contribution in [-0.2, 0) is 0 Å². The van der Waals surface area contributed by atoms with Gasteiger partial charge < -0.3 is 4.74 Å². The van der Waals surface area contributed by atoms with E-state index >= 15 is 0 Å². The SMILES string of the molecule is CCSc1nsc(OC(=O)Nc2ccccc2)n1. The molecule has 94 valence electrons. The Kier molecular flexibility index (Phi) is 4.54. The van der Waals surface area contributed by atoms with Crippen molar-refractivity contribution in [3.8, 4) is 5.19 Å². The minimum atomic E-state index is -0.564. The first-order valence-electron chi connectivity index (χ1n) is 5.28. The molecule has 2 aromatic rings. The smallest absolute Gasteiger partial charge is 0.380 e. The summed E-state index contributed by atoms with van der Waals surface area (Å²) in [6.07, 6.45) is -0.564. The lowest BCUT2D eigenvalue weighted by atomic mass is 10.3. The average Bonchev–Trinajstić information content (AvgIpc) is 2.78. The van der Waals surface area contributed by atoms with Crippen LogP contribution in [0.3, 0.4) is 0 Å². The van der Waals surface area contributed by atoms with Crippen LogP contribution in [0.25, 0.3) is 0 Å². The number of hydrogen-bond donors (Lipinski definition) is 1. The number of nitrogens with one attached hydrogen (secondary N) is 1. The molecule has 1 heterocycles. The van der Waals surface area contributed by atoms with Crippen LogP contribution >= 0.6 is 23.3 Å². The first-order valence-corrected chi connectivity index (χ1v) is 7.04. The van der Waals surface area contributed by atoms with Gasteiger partial charge in [-0.15, -0.1) is 0 Å². The van der Waals surface area contributed by atoms with Gasteiger partial charge in [0.15, 0.2) is 0 Å². The fraction of sp³-hybridized carbons (Fsp3) is 0.182. The minimum absolute atomic E-state index is 0.249. The van der Waals surface area contributed by atoms with Crippen LogP contribution in [0.15, 0.2) is 35.5 Å². The Labute approximate surface area is 113 Å². The summed E-state index contributed by atoms with van der Waals surface area (Å²) in [5.41, 5.74) is 0.676. The molecule has 1 N–H and O–H groups in total. The number of carbonyl (C=O) groups is 1. The molecule has 1 aromatic heterocycles. The minimum Gasteiger partial charge on any atom is -0.380 e. The van der Waals surface area contributed by atoms with E-state index in [4.69, 9.17) is 4.74 Å².